The second-order valence-electron chi connectivity index (χ2n) is 13.3. The maximum absolute atomic E-state index is 12.7. The van der Waals surface area contributed by atoms with E-state index in [1.807, 2.05) is 50.3 Å². The number of hydrogen-bond donors (Lipinski definition) is 2. The highest BCUT2D eigenvalue weighted by atomic mass is 16.3. The summed E-state index contributed by atoms with van der Waals surface area (Å²) in [6.07, 6.45) is 30.7. The highest BCUT2D eigenvalue weighted by molar-refractivity contribution is 5.95. The maximum atomic E-state index is 12.7. The SMILES string of the molecule is CC1=C(/C=C/C(C)=C/C=C/C(C)=C/C=C/C=C(C)/C=C/C=C(C)/C=C/C(=O)[C@]2(C)C[C@@H](O)C[C@H]2C)C(C)(C)C[C@H](O)C1. The highest BCUT2D eigenvalue weighted by Gasteiger charge is 2.45. The van der Waals surface area contributed by atoms with Crippen molar-refractivity contribution >= 4 is 5.78 Å². The van der Waals surface area contributed by atoms with Crippen molar-refractivity contribution < 1.29 is 15.0 Å². The van der Waals surface area contributed by atoms with Gasteiger partial charge in [0.2, 0.25) is 0 Å². The van der Waals surface area contributed by atoms with Crippen LogP contribution in [-0.2, 0) is 4.79 Å². The molecule has 0 heterocycles. The van der Waals surface area contributed by atoms with E-state index in [0.29, 0.717) is 12.8 Å². The van der Waals surface area contributed by atoms with Gasteiger partial charge in [-0.05, 0) is 83.3 Å². The first kappa shape index (κ1) is 35.2. The molecule has 3 heteroatoms. The summed E-state index contributed by atoms with van der Waals surface area (Å²) in [7, 11) is 0. The Morgan fingerprint density at radius 2 is 1.21 bits per heavy atom. The number of ketones is 1. The Morgan fingerprint density at radius 1 is 0.714 bits per heavy atom. The standard InChI is InChI=1S/C39H54O3/c1-28(16-12-18-30(3)20-22-36-32(5)24-34(40)26-38(36,7)8)14-10-11-15-29(2)17-13-19-31(4)21-23-37(42)39(9)27-35(41)25-33(39)6/h10-23,33-35,40-41H,24-27H2,1-9H3/b11-10+,16-12+,17-13+,22-20+,23-21+,28-14+,29-15+,30-18+,31-19+/t33-,34-,35+,39-/m1/s1. The zero-order valence-corrected chi connectivity index (χ0v) is 27.4. The predicted molar refractivity (Wildman–Crippen MR) is 180 cm³/mol. The number of aliphatic hydroxyl groups is 2. The predicted octanol–water partition coefficient (Wildman–Crippen LogP) is 9.42. The van der Waals surface area contributed by atoms with Gasteiger partial charge in [-0.15, -0.1) is 0 Å². The third-order valence-electron chi connectivity index (χ3n) is 8.69. The van der Waals surface area contributed by atoms with Gasteiger partial charge < -0.3 is 10.2 Å². The minimum atomic E-state index is -0.469. The molecular weight excluding hydrogens is 516 g/mol. The van der Waals surface area contributed by atoms with Crippen molar-refractivity contribution in [2.75, 3.05) is 0 Å². The molecule has 42 heavy (non-hydrogen) atoms. The Hall–Kier alpha value is -3.01. The molecule has 3 nitrogen and oxygen atoms in total. The van der Waals surface area contributed by atoms with E-state index in [0.717, 1.165) is 29.6 Å². The van der Waals surface area contributed by atoms with Crippen molar-refractivity contribution in [3.05, 3.63) is 119 Å². The minimum Gasteiger partial charge on any atom is -0.393 e. The zero-order chi connectivity index (χ0) is 31.5. The van der Waals surface area contributed by atoms with Gasteiger partial charge in [0.1, 0.15) is 0 Å². The van der Waals surface area contributed by atoms with Gasteiger partial charge in [-0.25, -0.2) is 0 Å². The topological polar surface area (TPSA) is 57.5 Å². The lowest BCUT2D eigenvalue weighted by Gasteiger charge is -2.35. The van der Waals surface area contributed by atoms with Crippen molar-refractivity contribution in [1.82, 2.24) is 0 Å². The number of allylic oxidation sites excluding steroid dienone is 19. The Balaban J connectivity index is 1.87. The fourth-order valence-electron chi connectivity index (χ4n) is 5.92. The van der Waals surface area contributed by atoms with Crippen LogP contribution in [0.25, 0.3) is 0 Å². The molecule has 0 spiro atoms. The van der Waals surface area contributed by atoms with E-state index in [-0.39, 0.29) is 29.3 Å². The second-order valence-corrected chi connectivity index (χ2v) is 13.3. The molecule has 0 aromatic heterocycles. The minimum absolute atomic E-state index is 0.00414. The summed E-state index contributed by atoms with van der Waals surface area (Å²) in [5, 5.41) is 20.0. The molecule has 1 saturated carbocycles. The maximum Gasteiger partial charge on any atom is 0.161 e. The van der Waals surface area contributed by atoms with E-state index in [9.17, 15) is 15.0 Å². The van der Waals surface area contributed by atoms with E-state index in [1.165, 1.54) is 16.7 Å². The van der Waals surface area contributed by atoms with Crippen LogP contribution in [-0.4, -0.2) is 28.2 Å². The van der Waals surface area contributed by atoms with Gasteiger partial charge in [-0.2, -0.15) is 0 Å². The van der Waals surface area contributed by atoms with Crippen LogP contribution >= 0.6 is 0 Å². The average Bonchev–Trinajstić information content (AvgIpc) is 3.15. The highest BCUT2D eigenvalue weighted by Crippen LogP contribution is 2.44. The van der Waals surface area contributed by atoms with Crippen molar-refractivity contribution in [2.24, 2.45) is 16.7 Å². The number of hydrogen-bond acceptors (Lipinski definition) is 3. The van der Waals surface area contributed by atoms with Crippen LogP contribution < -0.4 is 0 Å². The Morgan fingerprint density at radius 3 is 1.71 bits per heavy atom. The molecule has 0 radical (unpaired) electrons. The van der Waals surface area contributed by atoms with E-state index in [4.69, 9.17) is 0 Å². The van der Waals surface area contributed by atoms with Crippen LogP contribution in [0.4, 0.5) is 0 Å². The van der Waals surface area contributed by atoms with Crippen molar-refractivity contribution in [3.8, 4) is 0 Å². The first-order valence-electron chi connectivity index (χ1n) is 15.3. The molecule has 0 amide bonds. The van der Waals surface area contributed by atoms with Gasteiger partial charge in [0.05, 0.1) is 12.2 Å². The Kier molecular flexibility index (Phi) is 13.4. The molecule has 0 aromatic carbocycles. The largest absolute Gasteiger partial charge is 0.393 e. The lowest BCUT2D eigenvalue weighted by molar-refractivity contribution is -0.124. The van der Waals surface area contributed by atoms with Gasteiger partial charge in [0.15, 0.2) is 5.78 Å². The molecular formula is C39H54O3. The van der Waals surface area contributed by atoms with Crippen LogP contribution in [0.1, 0.15) is 88.0 Å². The first-order chi connectivity index (χ1) is 19.6. The lowest BCUT2D eigenvalue weighted by Crippen LogP contribution is -2.29. The second kappa shape index (κ2) is 16.0. The summed E-state index contributed by atoms with van der Waals surface area (Å²) in [6.45, 7) is 18.8. The van der Waals surface area contributed by atoms with Crippen LogP contribution in [0.5, 0.6) is 0 Å². The molecule has 1 fully saturated rings. The molecule has 4 atom stereocenters. The first-order valence-corrected chi connectivity index (χ1v) is 15.3. The monoisotopic (exact) mass is 570 g/mol. The van der Waals surface area contributed by atoms with Gasteiger partial charge in [-0.3, -0.25) is 4.79 Å². The smallest absolute Gasteiger partial charge is 0.161 e. The quantitative estimate of drug-likeness (QED) is 0.192. The molecule has 228 valence electrons. The van der Waals surface area contributed by atoms with Crippen LogP contribution in [0.15, 0.2) is 119 Å². The summed E-state index contributed by atoms with van der Waals surface area (Å²) in [6, 6.07) is 0. The Labute approximate surface area is 255 Å². The third-order valence-corrected chi connectivity index (χ3v) is 8.69. The molecule has 0 saturated heterocycles. The van der Waals surface area contributed by atoms with Crippen LogP contribution in [0.2, 0.25) is 0 Å². The lowest BCUT2D eigenvalue weighted by atomic mass is 9.71. The average molecular weight is 571 g/mol. The zero-order valence-electron chi connectivity index (χ0n) is 27.4. The van der Waals surface area contributed by atoms with Gasteiger partial charge in [0.25, 0.3) is 0 Å². The molecule has 0 aromatic rings. The number of carbonyl (C=O) groups is 1. The van der Waals surface area contributed by atoms with E-state index >= 15 is 0 Å². The molecule has 0 unspecified atom stereocenters. The molecule has 0 bridgehead atoms. The Bertz CT molecular complexity index is 1270. The number of carbonyl (C=O) groups excluding carboxylic acids is 1. The van der Waals surface area contributed by atoms with Crippen molar-refractivity contribution in [2.45, 2.75) is 100 Å². The van der Waals surface area contributed by atoms with Gasteiger partial charge >= 0.3 is 0 Å². The molecule has 2 rings (SSSR count). The van der Waals surface area contributed by atoms with E-state index < -0.39 is 5.41 Å². The number of rotatable bonds is 11. The molecule has 2 aliphatic rings. The summed E-state index contributed by atoms with van der Waals surface area (Å²) >= 11 is 0. The van der Waals surface area contributed by atoms with Crippen LogP contribution in [0.3, 0.4) is 0 Å². The summed E-state index contributed by atoms with van der Waals surface area (Å²) < 4.78 is 0. The van der Waals surface area contributed by atoms with Gasteiger partial charge in [0, 0.05) is 5.41 Å². The molecule has 2 aliphatic carbocycles. The normalized spacial score (nSPS) is 28.6. The van der Waals surface area contributed by atoms with E-state index in [1.54, 1.807) is 6.08 Å². The van der Waals surface area contributed by atoms with Crippen molar-refractivity contribution in [1.29, 1.82) is 0 Å². The van der Waals surface area contributed by atoms with Gasteiger partial charge in [-0.1, -0.05) is 135 Å². The molecule has 0 aliphatic heterocycles. The summed E-state index contributed by atoms with van der Waals surface area (Å²) in [5.74, 6) is 0.289. The summed E-state index contributed by atoms with van der Waals surface area (Å²) in [5.41, 5.74) is 6.63. The number of aliphatic hydroxyl groups excluding tert-OH is 2. The third kappa shape index (κ3) is 11.0. The summed E-state index contributed by atoms with van der Waals surface area (Å²) in [4.78, 5) is 12.7. The fraction of sp³-hybridized carbons (Fsp3) is 0.462. The van der Waals surface area contributed by atoms with Crippen LogP contribution in [0, 0.1) is 16.7 Å². The molecule has 2 N–H and O–H groups in total. The van der Waals surface area contributed by atoms with E-state index in [2.05, 4.69) is 91.0 Å². The van der Waals surface area contributed by atoms with Crippen molar-refractivity contribution in [3.63, 3.8) is 0 Å². The fourth-order valence-corrected chi connectivity index (χ4v) is 5.92.